The minimum Gasteiger partial charge on any atom is -0.497 e. The number of carboxylic acids is 1. The molecule has 4 aromatic rings. The molecule has 1 aliphatic carbocycles. The Bertz CT molecular complexity index is 1500. The summed E-state index contributed by atoms with van der Waals surface area (Å²) in [5, 5.41) is 21.4. The molecule has 0 spiro atoms. The highest BCUT2D eigenvalue weighted by atomic mass is 16.5. The van der Waals surface area contributed by atoms with Gasteiger partial charge in [0.25, 0.3) is 0 Å². The van der Waals surface area contributed by atoms with Crippen molar-refractivity contribution in [3.63, 3.8) is 0 Å². The lowest BCUT2D eigenvalue weighted by atomic mass is 9.73. The van der Waals surface area contributed by atoms with Crippen LogP contribution < -0.4 is 4.74 Å². The molecule has 1 aromatic heterocycles. The summed E-state index contributed by atoms with van der Waals surface area (Å²) >= 11 is 0. The highest BCUT2D eigenvalue weighted by molar-refractivity contribution is 5.84. The van der Waals surface area contributed by atoms with Gasteiger partial charge >= 0.3 is 5.97 Å². The second-order valence-electron chi connectivity index (χ2n) is 11.7. The maximum Gasteiger partial charge on any atom is 0.307 e. The van der Waals surface area contributed by atoms with Crippen molar-refractivity contribution in [3.05, 3.63) is 120 Å². The molecule has 7 atom stereocenters. The van der Waals surface area contributed by atoms with Crippen molar-refractivity contribution < 1.29 is 19.7 Å². The number of carbonyl (C=O) groups is 1. The standard InChI is InChI=1S/C20H24N2O2.C16H14O2/c1-3-13-12-22-9-7-14(13)10-19(22)20(23)16-6-8-21-18-5-4-15(24-2)11-17(16)18;17-16(18)15-13(11-7-3-1-4-8-11)14(15)12-9-5-2-6-10-12/h3-6,8,11,13-14,19-20,23H,1,7,9-10,12H2,2H3;1-10,13-15H,(H,17,18)/t13-,14-,19-,20+;/m0./s1. The fourth-order valence-corrected chi connectivity index (χ4v) is 7.24. The first kappa shape index (κ1) is 28.1. The summed E-state index contributed by atoms with van der Waals surface area (Å²) < 4.78 is 5.35. The van der Waals surface area contributed by atoms with E-state index in [0.29, 0.717) is 11.8 Å². The maximum absolute atomic E-state index is 11.3. The van der Waals surface area contributed by atoms with E-state index in [1.165, 1.54) is 6.42 Å². The molecule has 3 unspecified atom stereocenters. The lowest BCUT2D eigenvalue weighted by molar-refractivity contribution is -0.138. The van der Waals surface area contributed by atoms with E-state index in [1.807, 2.05) is 84.9 Å². The Labute approximate surface area is 247 Å². The molecule has 2 N–H and O–H groups in total. The van der Waals surface area contributed by atoms with Gasteiger partial charge in [-0.15, -0.1) is 6.58 Å². The largest absolute Gasteiger partial charge is 0.497 e. The van der Waals surface area contributed by atoms with Crippen molar-refractivity contribution in [1.29, 1.82) is 0 Å². The number of aliphatic hydroxyl groups excluding tert-OH is 1. The monoisotopic (exact) mass is 562 g/mol. The van der Waals surface area contributed by atoms with Gasteiger partial charge in [-0.3, -0.25) is 14.7 Å². The molecular formula is C36H38N2O4. The van der Waals surface area contributed by atoms with Crippen LogP contribution >= 0.6 is 0 Å². The predicted octanol–water partition coefficient (Wildman–Crippen LogP) is 6.44. The Balaban J connectivity index is 0.000000157. The molecule has 0 radical (unpaired) electrons. The van der Waals surface area contributed by atoms with E-state index in [9.17, 15) is 15.0 Å². The van der Waals surface area contributed by atoms with Crippen LogP contribution in [-0.2, 0) is 4.79 Å². The van der Waals surface area contributed by atoms with Gasteiger partial charge in [-0.05, 0) is 72.2 Å². The van der Waals surface area contributed by atoms with Crippen molar-refractivity contribution in [2.24, 2.45) is 17.8 Å². The predicted molar refractivity (Wildman–Crippen MR) is 165 cm³/mol. The zero-order chi connectivity index (χ0) is 29.2. The average Bonchev–Trinajstić information content (AvgIpc) is 3.82. The number of aromatic nitrogens is 1. The number of methoxy groups -OCH3 is 1. The minimum atomic E-state index is -0.697. The Morgan fingerprint density at radius 1 is 1.02 bits per heavy atom. The molecule has 6 heteroatoms. The van der Waals surface area contributed by atoms with Gasteiger partial charge in [0.1, 0.15) is 5.75 Å². The van der Waals surface area contributed by atoms with E-state index in [4.69, 9.17) is 4.74 Å². The Morgan fingerprint density at radius 2 is 1.69 bits per heavy atom. The molecule has 4 aliphatic rings. The van der Waals surface area contributed by atoms with E-state index >= 15 is 0 Å². The summed E-state index contributed by atoms with van der Waals surface area (Å²) in [7, 11) is 1.66. The van der Waals surface area contributed by atoms with Gasteiger partial charge in [-0.2, -0.15) is 0 Å². The Morgan fingerprint density at radius 3 is 2.24 bits per heavy atom. The smallest absolute Gasteiger partial charge is 0.307 e. The van der Waals surface area contributed by atoms with E-state index in [-0.39, 0.29) is 23.8 Å². The van der Waals surface area contributed by atoms with Crippen molar-refractivity contribution in [2.45, 2.75) is 36.8 Å². The van der Waals surface area contributed by atoms with E-state index in [2.05, 4.69) is 22.5 Å². The first-order valence-electron chi connectivity index (χ1n) is 14.8. The molecule has 3 saturated heterocycles. The zero-order valence-electron chi connectivity index (χ0n) is 23.9. The van der Waals surface area contributed by atoms with Crippen LogP contribution in [0.5, 0.6) is 5.75 Å². The Kier molecular flexibility index (Phi) is 8.09. The topological polar surface area (TPSA) is 82.9 Å². The van der Waals surface area contributed by atoms with Crippen LogP contribution in [0.4, 0.5) is 0 Å². The molecule has 0 amide bonds. The zero-order valence-corrected chi connectivity index (χ0v) is 23.9. The number of benzene rings is 3. The number of nitrogens with zero attached hydrogens (tertiary/aromatic N) is 2. The average molecular weight is 563 g/mol. The minimum absolute atomic E-state index is 0.117. The summed E-state index contributed by atoms with van der Waals surface area (Å²) in [6.45, 7) is 6.07. The number of piperidine rings is 3. The molecule has 216 valence electrons. The number of pyridine rings is 1. The van der Waals surface area contributed by atoms with Crippen LogP contribution in [0.1, 0.15) is 47.5 Å². The van der Waals surface area contributed by atoms with Crippen molar-refractivity contribution >= 4 is 16.9 Å². The van der Waals surface area contributed by atoms with E-state index < -0.39 is 12.1 Å². The van der Waals surface area contributed by atoms with Crippen LogP contribution in [0.25, 0.3) is 10.9 Å². The molecule has 6 nitrogen and oxygen atoms in total. The van der Waals surface area contributed by atoms with Crippen LogP contribution in [0.2, 0.25) is 0 Å². The summed E-state index contributed by atoms with van der Waals surface area (Å²) in [6, 6.07) is 27.8. The quantitative estimate of drug-likeness (QED) is 0.252. The molecule has 8 rings (SSSR count). The molecule has 4 fully saturated rings. The van der Waals surface area contributed by atoms with Gasteiger partial charge < -0.3 is 14.9 Å². The van der Waals surface area contributed by atoms with E-state index in [1.54, 1.807) is 13.3 Å². The number of fused-ring (bicyclic) bond motifs is 4. The van der Waals surface area contributed by atoms with Crippen molar-refractivity contribution in [2.75, 3.05) is 20.2 Å². The second kappa shape index (κ2) is 12.1. The summed E-state index contributed by atoms with van der Waals surface area (Å²) in [5.41, 5.74) is 4.09. The van der Waals surface area contributed by atoms with Crippen LogP contribution in [0, 0.1) is 17.8 Å². The van der Waals surface area contributed by atoms with Crippen molar-refractivity contribution in [3.8, 4) is 5.75 Å². The first-order valence-corrected chi connectivity index (χ1v) is 14.8. The summed E-state index contributed by atoms with van der Waals surface area (Å²) in [6.07, 6.45) is 5.62. The number of aliphatic carboxylic acids is 1. The third-order valence-electron chi connectivity index (χ3n) is 9.49. The second-order valence-corrected chi connectivity index (χ2v) is 11.7. The molecule has 3 aromatic carbocycles. The lowest BCUT2D eigenvalue weighted by Crippen LogP contribution is -2.54. The molecule has 2 bridgehead atoms. The lowest BCUT2D eigenvalue weighted by Gasteiger charge is -2.50. The number of aliphatic hydroxyl groups is 1. The molecule has 42 heavy (non-hydrogen) atoms. The van der Waals surface area contributed by atoms with E-state index in [0.717, 1.165) is 52.9 Å². The number of hydrogen-bond acceptors (Lipinski definition) is 5. The summed E-state index contributed by atoms with van der Waals surface area (Å²) in [5.74, 6) is 1.26. The maximum atomic E-state index is 11.3. The van der Waals surface area contributed by atoms with Gasteiger partial charge in [-0.1, -0.05) is 66.7 Å². The fraction of sp³-hybridized carbons (Fsp3) is 0.333. The number of rotatable bonds is 7. The van der Waals surface area contributed by atoms with Crippen LogP contribution in [-0.4, -0.2) is 52.3 Å². The number of hydrogen-bond donors (Lipinski definition) is 2. The number of ether oxygens (including phenoxy) is 1. The van der Waals surface area contributed by atoms with Gasteiger partial charge in [0, 0.05) is 36.0 Å². The highest BCUT2D eigenvalue weighted by Gasteiger charge is 2.56. The van der Waals surface area contributed by atoms with Crippen LogP contribution in [0.3, 0.4) is 0 Å². The SMILES string of the molecule is C=C[C@H]1CN2CC[C@H]1C[C@H]2[C@H](O)c1ccnc2ccc(OC)cc12.O=C(O)C1C(c2ccccc2)C1c1ccccc1. The van der Waals surface area contributed by atoms with Gasteiger partial charge in [0.2, 0.25) is 0 Å². The Hall–Kier alpha value is -4.00. The normalized spacial score (nSPS) is 28.3. The summed E-state index contributed by atoms with van der Waals surface area (Å²) in [4.78, 5) is 18.2. The van der Waals surface area contributed by atoms with Crippen molar-refractivity contribution in [1.82, 2.24) is 9.88 Å². The third kappa shape index (κ3) is 5.44. The fourth-order valence-electron chi connectivity index (χ4n) is 7.24. The molecule has 3 aliphatic heterocycles. The first-order chi connectivity index (χ1) is 20.5. The van der Waals surface area contributed by atoms with Gasteiger partial charge in [0.05, 0.1) is 24.6 Å². The molecular weight excluding hydrogens is 524 g/mol. The van der Waals surface area contributed by atoms with Gasteiger partial charge in [0.15, 0.2) is 0 Å². The van der Waals surface area contributed by atoms with Crippen LogP contribution in [0.15, 0.2) is 104 Å². The number of carboxylic acid groups (broad SMARTS) is 1. The molecule has 4 heterocycles. The third-order valence-corrected chi connectivity index (χ3v) is 9.49. The highest BCUT2D eigenvalue weighted by Crippen LogP contribution is 2.60. The van der Waals surface area contributed by atoms with Gasteiger partial charge in [-0.25, -0.2) is 0 Å². The molecule has 1 saturated carbocycles.